The van der Waals surface area contributed by atoms with Crippen LogP contribution in [-0.4, -0.2) is 29.0 Å². The molecule has 0 spiro atoms. The zero-order valence-electron chi connectivity index (χ0n) is 16.0. The van der Waals surface area contributed by atoms with Gasteiger partial charge in [-0.3, -0.25) is 4.79 Å². The van der Waals surface area contributed by atoms with E-state index in [0.29, 0.717) is 27.2 Å². The molecule has 0 aliphatic rings. The summed E-state index contributed by atoms with van der Waals surface area (Å²) in [6.45, 7) is 1.62. The molecule has 2 heterocycles. The second kappa shape index (κ2) is 8.79. The lowest BCUT2D eigenvalue weighted by Gasteiger charge is -2.21. The molecule has 3 rings (SSSR count). The highest BCUT2D eigenvalue weighted by molar-refractivity contribution is 9.10. The van der Waals surface area contributed by atoms with Crippen molar-refractivity contribution in [3.8, 4) is 0 Å². The molecule has 0 aliphatic heterocycles. The number of hydrogen-bond acceptors (Lipinski definition) is 5. The first-order chi connectivity index (χ1) is 13.8. The molecule has 29 heavy (non-hydrogen) atoms. The lowest BCUT2D eigenvalue weighted by atomic mass is 10.0. The molecule has 1 N–H and O–H groups in total. The normalized spacial score (nSPS) is 12.1. The molecule has 0 radical (unpaired) electrons. The molecule has 2 aromatic heterocycles. The fourth-order valence-electron chi connectivity index (χ4n) is 2.76. The summed E-state index contributed by atoms with van der Waals surface area (Å²) in [6, 6.07) is 5.05. The molecule has 1 aromatic carbocycles. The van der Waals surface area contributed by atoms with E-state index in [1.165, 1.54) is 12.1 Å². The summed E-state index contributed by atoms with van der Waals surface area (Å²) >= 11 is 3.30. The summed E-state index contributed by atoms with van der Waals surface area (Å²) in [7, 11) is 3.63. The van der Waals surface area contributed by atoms with Crippen LogP contribution in [0.2, 0.25) is 0 Å². The van der Waals surface area contributed by atoms with Crippen molar-refractivity contribution in [2.24, 2.45) is 0 Å². The van der Waals surface area contributed by atoms with E-state index in [1.807, 2.05) is 14.1 Å². The van der Waals surface area contributed by atoms with E-state index in [-0.39, 0.29) is 17.7 Å². The third kappa shape index (κ3) is 4.86. The van der Waals surface area contributed by atoms with Crippen molar-refractivity contribution in [2.75, 3.05) is 19.0 Å². The summed E-state index contributed by atoms with van der Waals surface area (Å²) in [6.07, 6.45) is 2.44. The number of pyridine rings is 1. The fourth-order valence-corrected chi connectivity index (χ4v) is 3.18. The zero-order chi connectivity index (χ0) is 21.1. The van der Waals surface area contributed by atoms with Gasteiger partial charge in [0.2, 0.25) is 5.95 Å². The number of nitrogens with one attached hydrogen (secondary N) is 1. The Morgan fingerprint density at radius 3 is 2.52 bits per heavy atom. The van der Waals surface area contributed by atoms with E-state index in [1.54, 1.807) is 30.3 Å². The van der Waals surface area contributed by atoms with Gasteiger partial charge in [0.1, 0.15) is 17.7 Å². The van der Waals surface area contributed by atoms with Gasteiger partial charge in [0.05, 0.1) is 11.1 Å². The van der Waals surface area contributed by atoms with Crippen molar-refractivity contribution < 1.29 is 13.5 Å². The van der Waals surface area contributed by atoms with Gasteiger partial charge in [-0.1, -0.05) is 6.07 Å². The van der Waals surface area contributed by atoms with Crippen molar-refractivity contribution in [1.82, 2.24) is 15.0 Å². The molecular weight excluding hydrogens is 446 g/mol. The maximum Gasteiger partial charge on any atom is 0.262 e. The Labute approximate surface area is 174 Å². The van der Waals surface area contributed by atoms with Crippen molar-refractivity contribution in [3.05, 3.63) is 85.5 Å². The van der Waals surface area contributed by atoms with Gasteiger partial charge in [-0.15, -0.1) is 0 Å². The number of rotatable bonds is 6. The highest BCUT2D eigenvalue weighted by atomic mass is 79.9. The maximum atomic E-state index is 14.0. The van der Waals surface area contributed by atoms with Gasteiger partial charge < -0.3 is 14.6 Å². The predicted molar refractivity (Wildman–Crippen MR) is 109 cm³/mol. The first kappa shape index (κ1) is 21.1. The molecule has 0 bridgehead atoms. The number of halogens is 3. The van der Waals surface area contributed by atoms with E-state index in [9.17, 15) is 13.6 Å². The highest BCUT2D eigenvalue weighted by Crippen LogP contribution is 2.31. The first-order valence-corrected chi connectivity index (χ1v) is 9.49. The molecule has 1 atom stereocenters. The Balaban J connectivity index is 2.00. The first-order valence-electron chi connectivity index (χ1n) is 8.70. The molecule has 3 aromatic rings. The number of benzene rings is 1. The second-order valence-electron chi connectivity index (χ2n) is 6.69. The van der Waals surface area contributed by atoms with E-state index < -0.39 is 17.7 Å². The van der Waals surface area contributed by atoms with Crippen molar-refractivity contribution in [2.45, 2.75) is 19.6 Å². The molecular formula is C20H19BrF2N4O2. The van der Waals surface area contributed by atoms with Gasteiger partial charge in [0.25, 0.3) is 5.56 Å². The van der Waals surface area contributed by atoms with Crippen LogP contribution in [0.5, 0.6) is 0 Å². The number of hydrogen-bond donors (Lipinski definition) is 1. The van der Waals surface area contributed by atoms with Crippen LogP contribution in [0.1, 0.15) is 28.5 Å². The number of ether oxygens (including phenoxy) is 1. The van der Waals surface area contributed by atoms with Gasteiger partial charge in [-0.2, -0.15) is 0 Å². The Morgan fingerprint density at radius 1 is 1.21 bits per heavy atom. The molecule has 0 amide bonds. The number of H-pyrrole nitrogens is 1. The van der Waals surface area contributed by atoms with Crippen LogP contribution in [0.25, 0.3) is 0 Å². The quantitative estimate of drug-likeness (QED) is 0.599. The minimum Gasteiger partial charge on any atom is -0.364 e. The topological polar surface area (TPSA) is 71.1 Å². The Bertz CT molecular complexity index is 1070. The van der Waals surface area contributed by atoms with Crippen molar-refractivity contribution in [3.63, 3.8) is 0 Å². The van der Waals surface area contributed by atoms with E-state index in [2.05, 4.69) is 30.9 Å². The second-order valence-corrected chi connectivity index (χ2v) is 7.48. The monoisotopic (exact) mass is 464 g/mol. The van der Waals surface area contributed by atoms with Crippen molar-refractivity contribution >= 4 is 21.9 Å². The summed E-state index contributed by atoms with van der Waals surface area (Å²) in [5.74, 6) is -0.856. The van der Waals surface area contributed by atoms with Crippen LogP contribution in [0.4, 0.5) is 14.7 Å². The molecule has 0 fully saturated rings. The van der Waals surface area contributed by atoms with Crippen LogP contribution in [0.3, 0.4) is 0 Å². The SMILES string of the molecule is Cc1cc(C(OCc2ccc(F)cc2F)c2cnc(N(C)C)nc2)c(Br)c(=O)[nH]1. The van der Waals surface area contributed by atoms with Crippen LogP contribution in [0.15, 0.2) is 45.9 Å². The number of anilines is 1. The molecule has 0 saturated heterocycles. The maximum absolute atomic E-state index is 14.0. The smallest absolute Gasteiger partial charge is 0.262 e. The minimum absolute atomic E-state index is 0.134. The molecule has 1 unspecified atom stereocenters. The largest absolute Gasteiger partial charge is 0.364 e. The summed E-state index contributed by atoms with van der Waals surface area (Å²) in [4.78, 5) is 25.2. The molecule has 152 valence electrons. The standard InChI is InChI=1S/C20H19BrF2N4O2/c1-11-6-15(17(21)19(28)26-11)18(13-8-24-20(25-9-13)27(2)3)29-10-12-4-5-14(22)7-16(12)23/h4-9,18H,10H2,1-3H3,(H,26,28). The van der Waals surface area contributed by atoms with Gasteiger partial charge >= 0.3 is 0 Å². The third-order valence-electron chi connectivity index (χ3n) is 4.20. The van der Waals surface area contributed by atoms with Crippen LogP contribution < -0.4 is 10.5 Å². The Kier molecular flexibility index (Phi) is 6.39. The summed E-state index contributed by atoms with van der Waals surface area (Å²) < 4.78 is 33.5. The summed E-state index contributed by atoms with van der Waals surface area (Å²) in [5, 5.41) is 0. The number of aromatic amines is 1. The number of nitrogens with zero attached hydrogens (tertiary/aromatic N) is 3. The fraction of sp³-hybridized carbons (Fsp3) is 0.250. The molecule has 0 aliphatic carbocycles. The Hall–Kier alpha value is -2.65. The van der Waals surface area contributed by atoms with E-state index in [0.717, 1.165) is 6.07 Å². The molecule has 9 heteroatoms. The predicted octanol–water partition coefficient (Wildman–Crippen LogP) is 3.89. The van der Waals surface area contributed by atoms with Gasteiger partial charge in [-0.05, 0) is 35.0 Å². The van der Waals surface area contributed by atoms with E-state index >= 15 is 0 Å². The average Bonchev–Trinajstić information content (AvgIpc) is 2.67. The Morgan fingerprint density at radius 2 is 1.90 bits per heavy atom. The van der Waals surface area contributed by atoms with Gasteiger partial charge in [0.15, 0.2) is 0 Å². The third-order valence-corrected chi connectivity index (χ3v) is 5.02. The number of aromatic nitrogens is 3. The average molecular weight is 465 g/mol. The minimum atomic E-state index is -0.744. The van der Waals surface area contributed by atoms with Crippen LogP contribution in [-0.2, 0) is 11.3 Å². The molecule has 6 nitrogen and oxygen atoms in total. The van der Waals surface area contributed by atoms with Crippen LogP contribution in [0, 0.1) is 18.6 Å². The molecule has 0 saturated carbocycles. The lowest BCUT2D eigenvalue weighted by Crippen LogP contribution is -2.17. The number of aryl methyl sites for hydroxylation is 1. The highest BCUT2D eigenvalue weighted by Gasteiger charge is 2.22. The zero-order valence-corrected chi connectivity index (χ0v) is 17.6. The lowest BCUT2D eigenvalue weighted by molar-refractivity contribution is 0.0638. The van der Waals surface area contributed by atoms with Gasteiger partial charge in [-0.25, -0.2) is 18.7 Å². The van der Waals surface area contributed by atoms with Crippen LogP contribution >= 0.6 is 15.9 Å². The van der Waals surface area contributed by atoms with Crippen molar-refractivity contribution in [1.29, 1.82) is 0 Å². The van der Waals surface area contributed by atoms with Gasteiger partial charge in [0, 0.05) is 54.9 Å². The summed E-state index contributed by atoms with van der Waals surface area (Å²) in [5.41, 5.74) is 1.66. The van der Waals surface area contributed by atoms with E-state index in [4.69, 9.17) is 4.74 Å².